The Bertz CT molecular complexity index is 313. The van der Waals surface area contributed by atoms with Gasteiger partial charge < -0.3 is 11.1 Å². The van der Waals surface area contributed by atoms with Gasteiger partial charge in [0.1, 0.15) is 0 Å². The molecule has 0 bridgehead atoms. The van der Waals surface area contributed by atoms with Crippen LogP contribution in [0.3, 0.4) is 0 Å². The average molecular weight is 292 g/mol. The molecular formula is C10H14F6N2O. The molecule has 19 heavy (non-hydrogen) atoms. The Balaban J connectivity index is 2.63. The van der Waals surface area contributed by atoms with Gasteiger partial charge in [0.15, 0.2) is 0 Å². The molecule has 1 amide bonds. The minimum absolute atomic E-state index is 0.261. The van der Waals surface area contributed by atoms with Crippen molar-refractivity contribution in [3.63, 3.8) is 0 Å². The molecule has 0 aromatic carbocycles. The van der Waals surface area contributed by atoms with Crippen molar-refractivity contribution in [3.05, 3.63) is 0 Å². The monoisotopic (exact) mass is 292 g/mol. The highest BCUT2D eigenvalue weighted by Crippen LogP contribution is 2.39. The largest absolute Gasteiger partial charge is 0.409 e. The highest BCUT2D eigenvalue weighted by atomic mass is 19.4. The number of amides is 1. The first-order valence-corrected chi connectivity index (χ1v) is 5.70. The van der Waals surface area contributed by atoms with E-state index in [0.717, 1.165) is 6.42 Å². The topological polar surface area (TPSA) is 55.1 Å². The lowest BCUT2D eigenvalue weighted by Gasteiger charge is -2.23. The third kappa shape index (κ3) is 4.26. The molecule has 1 fully saturated rings. The van der Waals surface area contributed by atoms with E-state index >= 15 is 0 Å². The van der Waals surface area contributed by atoms with E-state index in [2.05, 4.69) is 0 Å². The van der Waals surface area contributed by atoms with Crippen molar-refractivity contribution in [2.45, 2.75) is 37.7 Å². The summed E-state index contributed by atoms with van der Waals surface area (Å²) < 4.78 is 73.4. The first kappa shape index (κ1) is 16.1. The van der Waals surface area contributed by atoms with Gasteiger partial charge in [-0.1, -0.05) is 6.42 Å². The minimum Gasteiger partial charge on any atom is -0.355 e. The zero-order valence-electron chi connectivity index (χ0n) is 9.81. The first-order chi connectivity index (χ1) is 8.53. The summed E-state index contributed by atoms with van der Waals surface area (Å²) in [6.45, 7) is -0.261. The van der Waals surface area contributed by atoms with E-state index in [0.29, 0.717) is 12.8 Å². The van der Waals surface area contributed by atoms with Crippen LogP contribution in [0.2, 0.25) is 0 Å². The van der Waals surface area contributed by atoms with E-state index < -0.39 is 24.2 Å². The van der Waals surface area contributed by atoms with Crippen LogP contribution in [0.25, 0.3) is 0 Å². The van der Waals surface area contributed by atoms with Crippen LogP contribution in [0.1, 0.15) is 19.3 Å². The average Bonchev–Trinajstić information content (AvgIpc) is 2.56. The Labute approximate surface area is 105 Å². The fourth-order valence-corrected chi connectivity index (χ4v) is 2.14. The Morgan fingerprint density at radius 2 is 1.68 bits per heavy atom. The van der Waals surface area contributed by atoms with Crippen LogP contribution in [0.4, 0.5) is 26.3 Å². The molecule has 0 saturated heterocycles. The van der Waals surface area contributed by atoms with Gasteiger partial charge in [0.2, 0.25) is 11.8 Å². The Morgan fingerprint density at radius 1 is 1.16 bits per heavy atom. The summed E-state index contributed by atoms with van der Waals surface area (Å²) in [7, 11) is 0. The van der Waals surface area contributed by atoms with Crippen molar-refractivity contribution >= 4 is 5.91 Å². The number of alkyl halides is 6. The Hall–Kier alpha value is -0.990. The third-order valence-corrected chi connectivity index (χ3v) is 3.17. The van der Waals surface area contributed by atoms with Crippen LogP contribution in [0, 0.1) is 11.8 Å². The van der Waals surface area contributed by atoms with Gasteiger partial charge in [-0.3, -0.25) is 4.79 Å². The number of nitrogens with one attached hydrogen (secondary N) is 1. The lowest BCUT2D eigenvalue weighted by Crippen LogP contribution is -2.49. The van der Waals surface area contributed by atoms with Gasteiger partial charge in [-0.25, -0.2) is 0 Å². The lowest BCUT2D eigenvalue weighted by atomic mass is 10.0. The van der Waals surface area contributed by atoms with Crippen molar-refractivity contribution < 1.29 is 31.1 Å². The standard InChI is InChI=1S/C10H14F6N2O/c11-9(12,13)7(10(14,15)16)8(19)18-4-5-2-1-3-6(5)17/h5-7H,1-4,17H2,(H,18,19). The van der Waals surface area contributed by atoms with Gasteiger partial charge in [-0.05, 0) is 18.8 Å². The van der Waals surface area contributed by atoms with Crippen molar-refractivity contribution in [2.24, 2.45) is 17.6 Å². The molecule has 0 radical (unpaired) electrons. The SMILES string of the molecule is NC1CCCC1CNC(=O)C(C(F)(F)F)C(F)(F)F. The van der Waals surface area contributed by atoms with Crippen molar-refractivity contribution in [3.8, 4) is 0 Å². The molecule has 1 saturated carbocycles. The van der Waals surface area contributed by atoms with E-state index in [1.807, 2.05) is 0 Å². The Kier molecular flexibility index (Phi) is 4.70. The highest BCUT2D eigenvalue weighted by molar-refractivity contribution is 5.80. The number of hydrogen-bond acceptors (Lipinski definition) is 2. The molecule has 1 aliphatic rings. The molecule has 0 spiro atoms. The quantitative estimate of drug-likeness (QED) is 0.781. The molecule has 2 unspecified atom stereocenters. The lowest BCUT2D eigenvalue weighted by molar-refractivity contribution is -0.274. The fraction of sp³-hybridized carbons (Fsp3) is 0.900. The summed E-state index contributed by atoms with van der Waals surface area (Å²) in [5, 5.41) is 1.71. The molecule has 1 aliphatic carbocycles. The number of rotatable bonds is 3. The minimum atomic E-state index is -5.65. The van der Waals surface area contributed by atoms with E-state index in [4.69, 9.17) is 5.73 Å². The molecular weight excluding hydrogens is 278 g/mol. The fourth-order valence-electron chi connectivity index (χ4n) is 2.14. The van der Waals surface area contributed by atoms with Crippen molar-refractivity contribution in [1.82, 2.24) is 5.32 Å². The summed E-state index contributed by atoms with van der Waals surface area (Å²) >= 11 is 0. The summed E-state index contributed by atoms with van der Waals surface area (Å²) in [6.07, 6.45) is -9.31. The molecule has 0 aromatic heterocycles. The summed E-state index contributed by atoms with van der Waals surface area (Å²) in [5.74, 6) is -6.33. The Morgan fingerprint density at radius 3 is 2.05 bits per heavy atom. The predicted octanol–water partition coefficient (Wildman–Crippen LogP) is 1.97. The van der Waals surface area contributed by atoms with Crippen molar-refractivity contribution in [1.29, 1.82) is 0 Å². The zero-order valence-corrected chi connectivity index (χ0v) is 9.81. The van der Waals surface area contributed by atoms with Crippen LogP contribution < -0.4 is 11.1 Å². The molecule has 0 heterocycles. The predicted molar refractivity (Wildman–Crippen MR) is 53.9 cm³/mol. The van der Waals surface area contributed by atoms with Crippen LogP contribution >= 0.6 is 0 Å². The number of carbonyl (C=O) groups excluding carboxylic acids is 1. The maximum atomic E-state index is 12.2. The van der Waals surface area contributed by atoms with Crippen molar-refractivity contribution in [2.75, 3.05) is 6.54 Å². The summed E-state index contributed by atoms with van der Waals surface area (Å²) in [5.41, 5.74) is 5.62. The molecule has 0 aliphatic heterocycles. The number of hydrogen-bond donors (Lipinski definition) is 2. The molecule has 112 valence electrons. The second-order valence-electron chi connectivity index (χ2n) is 4.62. The molecule has 2 atom stereocenters. The first-order valence-electron chi connectivity index (χ1n) is 5.70. The normalized spacial score (nSPS) is 24.8. The smallest absolute Gasteiger partial charge is 0.355 e. The second kappa shape index (κ2) is 5.56. The van der Waals surface area contributed by atoms with Crippen LogP contribution in [-0.4, -0.2) is 30.8 Å². The molecule has 3 nitrogen and oxygen atoms in total. The third-order valence-electron chi connectivity index (χ3n) is 3.17. The van der Waals surface area contributed by atoms with Gasteiger partial charge >= 0.3 is 12.4 Å². The number of nitrogens with two attached hydrogens (primary N) is 1. The second-order valence-corrected chi connectivity index (χ2v) is 4.62. The molecule has 0 aromatic rings. The maximum Gasteiger partial charge on any atom is 0.409 e. The number of halogens is 6. The van der Waals surface area contributed by atoms with Gasteiger partial charge in [0.25, 0.3) is 0 Å². The molecule has 3 N–H and O–H groups in total. The zero-order chi connectivity index (χ0) is 14.8. The van der Waals surface area contributed by atoms with Gasteiger partial charge in [-0.15, -0.1) is 0 Å². The van der Waals surface area contributed by atoms with E-state index in [9.17, 15) is 31.1 Å². The number of carbonyl (C=O) groups is 1. The van der Waals surface area contributed by atoms with E-state index in [1.54, 1.807) is 5.32 Å². The molecule has 1 rings (SSSR count). The van der Waals surface area contributed by atoms with Gasteiger partial charge in [0.05, 0.1) is 0 Å². The highest BCUT2D eigenvalue weighted by Gasteiger charge is 2.61. The van der Waals surface area contributed by atoms with E-state index in [-0.39, 0.29) is 18.5 Å². The van der Waals surface area contributed by atoms with E-state index in [1.165, 1.54) is 0 Å². The molecule has 9 heteroatoms. The van der Waals surface area contributed by atoms with Gasteiger partial charge in [0, 0.05) is 12.6 Å². The van der Waals surface area contributed by atoms with Crippen LogP contribution in [-0.2, 0) is 4.79 Å². The maximum absolute atomic E-state index is 12.2. The summed E-state index contributed by atoms with van der Waals surface area (Å²) in [6, 6.07) is -0.296. The van der Waals surface area contributed by atoms with Crippen LogP contribution in [0.15, 0.2) is 0 Å². The van der Waals surface area contributed by atoms with Crippen LogP contribution in [0.5, 0.6) is 0 Å². The van der Waals surface area contributed by atoms with Gasteiger partial charge in [-0.2, -0.15) is 26.3 Å². The summed E-state index contributed by atoms with van der Waals surface area (Å²) in [4.78, 5) is 11.1.